The van der Waals surface area contributed by atoms with Crippen LogP contribution in [0.2, 0.25) is 0 Å². The Hall–Kier alpha value is -1.59. The smallest absolute Gasteiger partial charge is 0.223 e. The summed E-state index contributed by atoms with van der Waals surface area (Å²) in [4.78, 5) is 29.7. The molecule has 0 bridgehead atoms. The molecule has 0 spiro atoms. The predicted octanol–water partition coefficient (Wildman–Crippen LogP) is 9.91. The summed E-state index contributed by atoms with van der Waals surface area (Å²) in [6, 6.07) is 0. The van der Waals surface area contributed by atoms with Crippen LogP contribution in [0.5, 0.6) is 0 Å². The number of Topliss-reactive ketones (excluding diaryl/α,β-unsaturated/α-hetero) is 1. The van der Waals surface area contributed by atoms with E-state index in [2.05, 4.69) is 24.2 Å². The third-order valence-electron chi connectivity index (χ3n) is 8.74. The molecule has 0 aromatic heterocycles. The molecule has 5 N–H and O–H groups in total. The van der Waals surface area contributed by atoms with Crippen molar-refractivity contribution in [3.05, 3.63) is 0 Å². The zero-order valence-corrected chi connectivity index (χ0v) is 28.9. The number of hydrogen-bond donors (Lipinski definition) is 3. The summed E-state index contributed by atoms with van der Waals surface area (Å²) in [5, 5.41) is 3.11. The van der Waals surface area contributed by atoms with Gasteiger partial charge in [-0.2, -0.15) is 0 Å². The maximum Gasteiger partial charge on any atom is 0.223 e. The SMILES string of the molecule is CCCCCCCCCCCCCCCCCC(=O)CC(CCCN=C(N)N)C(=O)NCCCCCCCCCCCC. The second-order valence-corrected chi connectivity index (χ2v) is 13.1. The van der Waals surface area contributed by atoms with Gasteiger partial charge in [0.05, 0.1) is 0 Å². The number of nitrogens with two attached hydrogens (primary N) is 2. The largest absolute Gasteiger partial charge is 0.370 e. The van der Waals surface area contributed by atoms with Gasteiger partial charge in [-0.3, -0.25) is 14.6 Å². The highest BCUT2D eigenvalue weighted by Gasteiger charge is 2.21. The highest BCUT2D eigenvalue weighted by Crippen LogP contribution is 2.17. The molecule has 0 aliphatic heterocycles. The topological polar surface area (TPSA) is 111 Å². The number of carbonyl (C=O) groups is 2. The monoisotopic (exact) mass is 607 g/mol. The second kappa shape index (κ2) is 33.3. The Kier molecular flexibility index (Phi) is 32.1. The average Bonchev–Trinajstić information content (AvgIpc) is 2.99. The fraction of sp³-hybridized carbons (Fsp3) is 0.919. The molecule has 0 aromatic carbocycles. The Morgan fingerprint density at radius 1 is 0.558 bits per heavy atom. The van der Waals surface area contributed by atoms with Crippen molar-refractivity contribution < 1.29 is 9.59 Å². The van der Waals surface area contributed by atoms with E-state index in [1.807, 2.05) is 0 Å². The summed E-state index contributed by atoms with van der Waals surface area (Å²) in [6.07, 6.45) is 34.8. The first-order chi connectivity index (χ1) is 21.0. The van der Waals surface area contributed by atoms with Crippen molar-refractivity contribution in [3.63, 3.8) is 0 Å². The van der Waals surface area contributed by atoms with Gasteiger partial charge in [-0.25, -0.2) is 0 Å². The summed E-state index contributed by atoms with van der Waals surface area (Å²) in [7, 11) is 0. The molecule has 1 atom stereocenters. The lowest BCUT2D eigenvalue weighted by molar-refractivity contribution is -0.129. The van der Waals surface area contributed by atoms with Crippen LogP contribution in [-0.2, 0) is 9.59 Å². The number of nitrogens with one attached hydrogen (secondary N) is 1. The van der Waals surface area contributed by atoms with E-state index < -0.39 is 0 Å². The number of unbranched alkanes of at least 4 members (excludes halogenated alkanes) is 23. The summed E-state index contributed by atoms with van der Waals surface area (Å²) >= 11 is 0. The van der Waals surface area contributed by atoms with E-state index in [0.29, 0.717) is 38.8 Å². The highest BCUT2D eigenvalue weighted by molar-refractivity contribution is 5.86. The van der Waals surface area contributed by atoms with Crippen molar-refractivity contribution in [3.8, 4) is 0 Å². The van der Waals surface area contributed by atoms with Crippen LogP contribution in [0, 0.1) is 5.92 Å². The first kappa shape index (κ1) is 41.4. The number of nitrogens with zero attached hydrogens (tertiary/aromatic N) is 1. The molecule has 0 heterocycles. The van der Waals surface area contributed by atoms with Gasteiger partial charge < -0.3 is 16.8 Å². The molecular formula is C37H74N4O2. The van der Waals surface area contributed by atoms with Gasteiger partial charge in [0.15, 0.2) is 5.96 Å². The second-order valence-electron chi connectivity index (χ2n) is 13.1. The molecule has 0 saturated carbocycles. The van der Waals surface area contributed by atoms with Gasteiger partial charge in [0.2, 0.25) is 5.91 Å². The maximum atomic E-state index is 12.9. The van der Waals surface area contributed by atoms with Gasteiger partial charge in [0, 0.05) is 31.8 Å². The van der Waals surface area contributed by atoms with E-state index in [1.165, 1.54) is 135 Å². The molecule has 1 amide bonds. The standard InChI is InChI=1S/C37H74N4O2/c1-3-5-7-9-11-13-15-16-17-18-19-20-22-24-26-30-35(42)33-34(29-28-32-41-37(38)39)36(43)40-31-27-25-23-21-14-12-10-8-6-4-2/h34H,3-33H2,1-2H3,(H,40,43)(H4,38,39,41). The van der Waals surface area contributed by atoms with Crippen LogP contribution in [0.4, 0.5) is 0 Å². The molecule has 0 saturated heterocycles. The number of carbonyl (C=O) groups excluding carboxylic acids is 2. The zero-order valence-electron chi connectivity index (χ0n) is 28.9. The van der Waals surface area contributed by atoms with Crippen molar-refractivity contribution in [2.75, 3.05) is 13.1 Å². The molecule has 0 fully saturated rings. The van der Waals surface area contributed by atoms with Crippen LogP contribution in [0.15, 0.2) is 4.99 Å². The van der Waals surface area contributed by atoms with Gasteiger partial charge in [-0.1, -0.05) is 162 Å². The number of aliphatic imine (C=N–C) groups is 1. The zero-order chi connectivity index (χ0) is 31.6. The Bertz CT molecular complexity index is 649. The summed E-state index contributed by atoms with van der Waals surface area (Å²) < 4.78 is 0. The summed E-state index contributed by atoms with van der Waals surface area (Å²) in [5.41, 5.74) is 10.9. The van der Waals surface area contributed by atoms with Crippen LogP contribution >= 0.6 is 0 Å². The summed E-state index contributed by atoms with van der Waals surface area (Å²) in [6.45, 7) is 5.73. The van der Waals surface area contributed by atoms with Crippen LogP contribution in [0.25, 0.3) is 0 Å². The first-order valence-electron chi connectivity index (χ1n) is 18.9. The molecule has 0 aliphatic rings. The molecular weight excluding hydrogens is 532 g/mol. The van der Waals surface area contributed by atoms with E-state index in [0.717, 1.165) is 25.7 Å². The molecule has 0 radical (unpaired) electrons. The Labute approximate surface area is 267 Å². The van der Waals surface area contributed by atoms with Crippen LogP contribution < -0.4 is 16.8 Å². The number of amides is 1. The fourth-order valence-corrected chi connectivity index (χ4v) is 5.91. The minimum atomic E-state index is -0.277. The Balaban J connectivity index is 4.00. The first-order valence-corrected chi connectivity index (χ1v) is 18.9. The lowest BCUT2D eigenvalue weighted by Gasteiger charge is -2.16. The molecule has 0 rings (SSSR count). The molecule has 1 unspecified atom stereocenters. The van der Waals surface area contributed by atoms with Gasteiger partial charge in [-0.15, -0.1) is 0 Å². The quantitative estimate of drug-likeness (QED) is 0.0384. The lowest BCUT2D eigenvalue weighted by Crippen LogP contribution is -2.33. The van der Waals surface area contributed by atoms with Crippen molar-refractivity contribution in [1.29, 1.82) is 0 Å². The average molecular weight is 607 g/mol. The molecule has 254 valence electrons. The summed E-state index contributed by atoms with van der Waals surface area (Å²) in [5.74, 6) is 0.0356. The number of hydrogen-bond acceptors (Lipinski definition) is 3. The van der Waals surface area contributed by atoms with Gasteiger partial charge in [0.25, 0.3) is 0 Å². The van der Waals surface area contributed by atoms with E-state index in [4.69, 9.17) is 11.5 Å². The number of ketones is 1. The van der Waals surface area contributed by atoms with E-state index >= 15 is 0 Å². The van der Waals surface area contributed by atoms with E-state index in [1.54, 1.807) is 0 Å². The van der Waals surface area contributed by atoms with Crippen molar-refractivity contribution >= 4 is 17.6 Å². The van der Waals surface area contributed by atoms with Crippen molar-refractivity contribution in [1.82, 2.24) is 5.32 Å². The maximum absolute atomic E-state index is 12.9. The van der Waals surface area contributed by atoms with Crippen LogP contribution in [0.3, 0.4) is 0 Å². The van der Waals surface area contributed by atoms with Crippen LogP contribution in [-0.4, -0.2) is 30.7 Å². The Morgan fingerprint density at radius 3 is 1.37 bits per heavy atom. The van der Waals surface area contributed by atoms with Crippen LogP contribution in [0.1, 0.15) is 200 Å². The molecule has 0 aliphatic carbocycles. The highest BCUT2D eigenvalue weighted by atomic mass is 16.2. The molecule has 6 nitrogen and oxygen atoms in total. The van der Waals surface area contributed by atoms with Crippen molar-refractivity contribution in [2.24, 2.45) is 22.4 Å². The van der Waals surface area contributed by atoms with E-state index in [-0.39, 0.29) is 23.6 Å². The molecule has 43 heavy (non-hydrogen) atoms. The van der Waals surface area contributed by atoms with Gasteiger partial charge in [0.1, 0.15) is 5.78 Å². The third kappa shape index (κ3) is 31.6. The Morgan fingerprint density at radius 2 is 0.953 bits per heavy atom. The molecule has 6 heteroatoms. The fourth-order valence-electron chi connectivity index (χ4n) is 5.91. The predicted molar refractivity (Wildman–Crippen MR) is 187 cm³/mol. The minimum absolute atomic E-state index is 0.0190. The normalized spacial score (nSPS) is 11.9. The third-order valence-corrected chi connectivity index (χ3v) is 8.74. The van der Waals surface area contributed by atoms with Gasteiger partial charge in [-0.05, 0) is 25.7 Å². The minimum Gasteiger partial charge on any atom is -0.370 e. The number of guanidine groups is 1. The lowest BCUT2D eigenvalue weighted by atomic mass is 9.93. The van der Waals surface area contributed by atoms with Crippen molar-refractivity contribution in [2.45, 2.75) is 200 Å². The van der Waals surface area contributed by atoms with Gasteiger partial charge >= 0.3 is 0 Å². The molecule has 0 aromatic rings. The number of rotatable bonds is 34. The van der Waals surface area contributed by atoms with E-state index in [9.17, 15) is 9.59 Å².